The van der Waals surface area contributed by atoms with Crippen molar-refractivity contribution in [1.82, 2.24) is 14.4 Å². The van der Waals surface area contributed by atoms with E-state index in [1.54, 1.807) is 42.7 Å². The average molecular weight is 369 g/mol. The standard InChI is InChI=1S/C18H15N3O4S/c22-18(20-23)6-1-14-9-12-21(13-14)26(24,25)17-4-2-15(3-5-17)16-7-10-19-11-8-16/h1-13,23H,(H,20,22)/b6-1+. The molecule has 1 aromatic carbocycles. The molecule has 0 aliphatic carbocycles. The fourth-order valence-electron chi connectivity index (χ4n) is 2.34. The molecule has 2 N–H and O–H groups in total. The van der Waals surface area contributed by atoms with Crippen LogP contribution in [0.15, 0.2) is 78.2 Å². The van der Waals surface area contributed by atoms with Gasteiger partial charge in [0.1, 0.15) is 0 Å². The molecule has 132 valence electrons. The first kappa shape index (κ1) is 17.6. The lowest BCUT2D eigenvalue weighted by atomic mass is 10.1. The Labute approximate surface area is 150 Å². The number of aromatic nitrogens is 2. The highest BCUT2D eigenvalue weighted by Crippen LogP contribution is 2.22. The molecule has 0 spiro atoms. The van der Waals surface area contributed by atoms with Crippen molar-refractivity contribution in [3.63, 3.8) is 0 Å². The number of amides is 1. The van der Waals surface area contributed by atoms with Crippen molar-refractivity contribution in [1.29, 1.82) is 0 Å². The van der Waals surface area contributed by atoms with E-state index in [0.717, 1.165) is 21.2 Å². The summed E-state index contributed by atoms with van der Waals surface area (Å²) >= 11 is 0. The van der Waals surface area contributed by atoms with Gasteiger partial charge in [0, 0.05) is 30.9 Å². The number of hydrogen-bond acceptors (Lipinski definition) is 5. The Morgan fingerprint density at radius 3 is 2.35 bits per heavy atom. The Bertz CT molecular complexity index is 1040. The Morgan fingerprint density at radius 1 is 1.04 bits per heavy atom. The highest BCUT2D eigenvalue weighted by atomic mass is 32.2. The predicted molar refractivity (Wildman–Crippen MR) is 95.7 cm³/mol. The van der Waals surface area contributed by atoms with Crippen molar-refractivity contribution in [2.24, 2.45) is 0 Å². The zero-order valence-corrected chi connectivity index (χ0v) is 14.3. The maximum atomic E-state index is 12.7. The minimum Gasteiger partial charge on any atom is -0.288 e. The maximum absolute atomic E-state index is 12.7. The predicted octanol–water partition coefficient (Wildman–Crippen LogP) is 2.31. The van der Waals surface area contributed by atoms with Crippen LogP contribution < -0.4 is 5.48 Å². The van der Waals surface area contributed by atoms with Gasteiger partial charge in [-0.15, -0.1) is 0 Å². The van der Waals surface area contributed by atoms with Crippen LogP contribution in [0.2, 0.25) is 0 Å². The van der Waals surface area contributed by atoms with Gasteiger partial charge in [-0.2, -0.15) is 0 Å². The van der Waals surface area contributed by atoms with Crippen LogP contribution >= 0.6 is 0 Å². The van der Waals surface area contributed by atoms with Crippen LogP contribution in [0.1, 0.15) is 5.56 Å². The van der Waals surface area contributed by atoms with Gasteiger partial charge in [-0.1, -0.05) is 12.1 Å². The van der Waals surface area contributed by atoms with Gasteiger partial charge in [-0.05, 0) is 53.1 Å². The molecule has 26 heavy (non-hydrogen) atoms. The average Bonchev–Trinajstić information content (AvgIpc) is 3.17. The molecule has 2 heterocycles. The Kier molecular flexibility index (Phi) is 4.97. The second-order valence-corrected chi connectivity index (χ2v) is 7.19. The summed E-state index contributed by atoms with van der Waals surface area (Å²) in [6.07, 6.45) is 8.60. The van der Waals surface area contributed by atoms with E-state index in [1.807, 2.05) is 12.1 Å². The fourth-order valence-corrected chi connectivity index (χ4v) is 3.54. The second kappa shape index (κ2) is 7.34. The van der Waals surface area contributed by atoms with Gasteiger partial charge in [0.05, 0.1) is 4.90 Å². The van der Waals surface area contributed by atoms with E-state index in [9.17, 15) is 13.2 Å². The molecule has 8 heteroatoms. The second-order valence-electron chi connectivity index (χ2n) is 5.35. The van der Waals surface area contributed by atoms with Crippen molar-refractivity contribution in [3.8, 4) is 11.1 Å². The highest BCUT2D eigenvalue weighted by Gasteiger charge is 2.16. The Hall–Kier alpha value is -3.23. The minimum atomic E-state index is -3.74. The fraction of sp³-hybridized carbons (Fsp3) is 0. The molecule has 0 radical (unpaired) electrons. The SMILES string of the molecule is O=C(/C=C/c1ccn(S(=O)(=O)c2ccc(-c3ccncc3)cc2)c1)NO. The number of nitrogens with zero attached hydrogens (tertiary/aromatic N) is 2. The third-order valence-electron chi connectivity index (χ3n) is 3.67. The summed E-state index contributed by atoms with van der Waals surface area (Å²) in [5, 5.41) is 8.45. The smallest absolute Gasteiger partial charge is 0.267 e. The number of nitrogens with one attached hydrogen (secondary N) is 1. The lowest BCUT2D eigenvalue weighted by Crippen LogP contribution is -2.14. The summed E-state index contributed by atoms with van der Waals surface area (Å²) in [7, 11) is -3.74. The quantitative estimate of drug-likeness (QED) is 0.408. The summed E-state index contributed by atoms with van der Waals surface area (Å²) in [5.74, 6) is -0.702. The summed E-state index contributed by atoms with van der Waals surface area (Å²) in [6, 6.07) is 11.8. The molecule has 3 aromatic rings. The normalized spacial score (nSPS) is 11.6. The summed E-state index contributed by atoms with van der Waals surface area (Å²) in [5.41, 5.74) is 3.80. The van der Waals surface area contributed by atoms with Crippen LogP contribution in [0.4, 0.5) is 0 Å². The number of rotatable bonds is 5. The molecule has 0 atom stereocenters. The monoisotopic (exact) mass is 369 g/mol. The van der Waals surface area contributed by atoms with E-state index < -0.39 is 15.9 Å². The van der Waals surface area contributed by atoms with E-state index in [2.05, 4.69) is 4.98 Å². The third-order valence-corrected chi connectivity index (χ3v) is 5.32. The molecule has 0 aliphatic rings. The number of carbonyl (C=O) groups excluding carboxylic acids is 1. The van der Waals surface area contributed by atoms with Gasteiger partial charge in [0.15, 0.2) is 0 Å². The lowest BCUT2D eigenvalue weighted by Gasteiger charge is -2.07. The number of hydroxylamine groups is 1. The number of carbonyl (C=O) groups is 1. The van der Waals surface area contributed by atoms with Crippen LogP contribution in [-0.2, 0) is 14.8 Å². The topological polar surface area (TPSA) is 101 Å². The molecule has 7 nitrogen and oxygen atoms in total. The summed E-state index contributed by atoms with van der Waals surface area (Å²) in [4.78, 5) is 15.1. The first-order valence-corrected chi connectivity index (χ1v) is 9.01. The molecular formula is C18H15N3O4S. The van der Waals surface area contributed by atoms with Gasteiger partial charge in [-0.25, -0.2) is 17.9 Å². The molecular weight excluding hydrogens is 354 g/mol. The van der Waals surface area contributed by atoms with Gasteiger partial charge in [0.2, 0.25) is 0 Å². The Balaban J connectivity index is 1.85. The van der Waals surface area contributed by atoms with Crippen molar-refractivity contribution in [2.45, 2.75) is 4.90 Å². The van der Waals surface area contributed by atoms with Crippen molar-refractivity contribution >= 4 is 22.0 Å². The van der Waals surface area contributed by atoms with Crippen molar-refractivity contribution in [2.75, 3.05) is 0 Å². The molecule has 2 aromatic heterocycles. The molecule has 0 unspecified atom stereocenters. The Morgan fingerprint density at radius 2 is 1.69 bits per heavy atom. The molecule has 1 amide bonds. The maximum Gasteiger partial charge on any atom is 0.267 e. The van der Waals surface area contributed by atoms with Crippen LogP contribution in [0, 0.1) is 0 Å². The number of pyridine rings is 1. The van der Waals surface area contributed by atoms with E-state index in [-0.39, 0.29) is 4.90 Å². The van der Waals surface area contributed by atoms with Crippen molar-refractivity contribution < 1.29 is 18.4 Å². The van der Waals surface area contributed by atoms with E-state index in [0.29, 0.717) is 5.56 Å². The number of benzene rings is 1. The summed E-state index contributed by atoms with van der Waals surface area (Å²) in [6.45, 7) is 0. The zero-order valence-electron chi connectivity index (χ0n) is 13.5. The molecule has 0 saturated carbocycles. The lowest BCUT2D eigenvalue weighted by molar-refractivity contribution is -0.124. The van der Waals surface area contributed by atoms with Gasteiger partial charge in [0.25, 0.3) is 15.9 Å². The van der Waals surface area contributed by atoms with E-state index in [4.69, 9.17) is 5.21 Å². The zero-order chi connectivity index (χ0) is 18.6. The minimum absolute atomic E-state index is 0.148. The van der Waals surface area contributed by atoms with Gasteiger partial charge in [-0.3, -0.25) is 15.0 Å². The molecule has 3 rings (SSSR count). The van der Waals surface area contributed by atoms with Crippen molar-refractivity contribution in [3.05, 3.63) is 78.9 Å². The highest BCUT2D eigenvalue weighted by molar-refractivity contribution is 7.90. The first-order chi connectivity index (χ1) is 12.5. The molecule has 0 fully saturated rings. The van der Waals surface area contributed by atoms with Gasteiger partial charge >= 0.3 is 0 Å². The largest absolute Gasteiger partial charge is 0.288 e. The third kappa shape index (κ3) is 3.71. The summed E-state index contributed by atoms with van der Waals surface area (Å²) < 4.78 is 26.5. The van der Waals surface area contributed by atoms with E-state index >= 15 is 0 Å². The number of hydrogen-bond donors (Lipinski definition) is 2. The van der Waals surface area contributed by atoms with Crippen LogP contribution in [0.25, 0.3) is 17.2 Å². The molecule has 0 aliphatic heterocycles. The first-order valence-electron chi connectivity index (χ1n) is 7.57. The molecule has 0 saturated heterocycles. The van der Waals surface area contributed by atoms with Crippen LogP contribution in [0.5, 0.6) is 0 Å². The van der Waals surface area contributed by atoms with Crippen LogP contribution in [0.3, 0.4) is 0 Å². The van der Waals surface area contributed by atoms with E-state index in [1.165, 1.54) is 23.9 Å². The van der Waals surface area contributed by atoms with Gasteiger partial charge < -0.3 is 0 Å². The molecule has 0 bridgehead atoms. The van der Waals surface area contributed by atoms with Crippen LogP contribution in [-0.4, -0.2) is 28.5 Å².